The van der Waals surface area contributed by atoms with Crippen molar-refractivity contribution in [3.05, 3.63) is 0 Å². The first-order chi connectivity index (χ1) is 5.35. The number of hydrogen-bond acceptors (Lipinski definition) is 3. The van der Waals surface area contributed by atoms with Crippen molar-refractivity contribution in [2.24, 2.45) is 23.3 Å². The van der Waals surface area contributed by atoms with Gasteiger partial charge in [0.25, 0.3) is 0 Å². The SMILES string of the molecule is CCCCC(CC)CN.NN. The second-order valence-electron chi connectivity index (χ2n) is 2.65. The fourth-order valence-corrected chi connectivity index (χ4v) is 0.981. The zero-order valence-corrected chi connectivity index (χ0v) is 7.84. The van der Waals surface area contributed by atoms with Gasteiger partial charge < -0.3 is 5.73 Å². The van der Waals surface area contributed by atoms with E-state index in [2.05, 4.69) is 25.5 Å². The van der Waals surface area contributed by atoms with E-state index in [4.69, 9.17) is 5.73 Å². The van der Waals surface area contributed by atoms with Gasteiger partial charge in [-0.3, -0.25) is 11.7 Å². The maximum atomic E-state index is 5.52. The first kappa shape index (κ1) is 13.5. The highest BCUT2D eigenvalue weighted by Crippen LogP contribution is 2.09. The summed E-state index contributed by atoms with van der Waals surface area (Å²) in [6.07, 6.45) is 5.21. The van der Waals surface area contributed by atoms with Crippen LogP contribution in [-0.2, 0) is 0 Å². The third-order valence-electron chi connectivity index (χ3n) is 1.88. The van der Waals surface area contributed by atoms with Crippen LogP contribution < -0.4 is 17.4 Å². The molecule has 0 bridgehead atoms. The van der Waals surface area contributed by atoms with E-state index in [1.807, 2.05) is 0 Å². The molecule has 0 saturated heterocycles. The third kappa shape index (κ3) is 9.88. The summed E-state index contributed by atoms with van der Waals surface area (Å²) in [7, 11) is 0. The largest absolute Gasteiger partial charge is 0.330 e. The molecule has 0 amide bonds. The van der Waals surface area contributed by atoms with Gasteiger partial charge in [0.2, 0.25) is 0 Å². The highest BCUT2D eigenvalue weighted by Gasteiger charge is 2.00. The molecular formula is C8H23N3. The highest BCUT2D eigenvalue weighted by atomic mass is 15.0. The minimum atomic E-state index is 0.782. The lowest BCUT2D eigenvalue weighted by molar-refractivity contribution is 0.461. The van der Waals surface area contributed by atoms with E-state index in [0.29, 0.717) is 0 Å². The van der Waals surface area contributed by atoms with Gasteiger partial charge in [0.05, 0.1) is 0 Å². The summed E-state index contributed by atoms with van der Waals surface area (Å²) in [4.78, 5) is 0. The third-order valence-corrected chi connectivity index (χ3v) is 1.88. The van der Waals surface area contributed by atoms with Crippen molar-refractivity contribution in [3.8, 4) is 0 Å². The molecule has 6 N–H and O–H groups in total. The number of hydrazine groups is 1. The summed E-state index contributed by atoms with van der Waals surface area (Å²) in [6.45, 7) is 5.31. The molecule has 1 atom stereocenters. The molecule has 0 spiro atoms. The standard InChI is InChI=1S/C8H19N.H4N2/c1-3-5-6-8(4-2)7-9;1-2/h8H,3-7,9H2,1-2H3;1-2H2. The summed E-state index contributed by atoms with van der Waals surface area (Å²) in [6, 6.07) is 0. The van der Waals surface area contributed by atoms with Gasteiger partial charge in [-0.15, -0.1) is 0 Å². The van der Waals surface area contributed by atoms with Crippen LogP contribution in [0, 0.1) is 5.92 Å². The molecule has 0 aromatic heterocycles. The average molecular weight is 161 g/mol. The van der Waals surface area contributed by atoms with Gasteiger partial charge in [0, 0.05) is 0 Å². The Morgan fingerprint density at radius 3 is 2.00 bits per heavy atom. The van der Waals surface area contributed by atoms with Crippen molar-refractivity contribution in [3.63, 3.8) is 0 Å². The molecule has 0 aliphatic rings. The molecule has 0 radical (unpaired) electrons. The predicted molar refractivity (Wildman–Crippen MR) is 50.7 cm³/mol. The molecule has 70 valence electrons. The van der Waals surface area contributed by atoms with Crippen molar-refractivity contribution in [2.45, 2.75) is 39.5 Å². The van der Waals surface area contributed by atoms with E-state index in [-0.39, 0.29) is 0 Å². The Morgan fingerprint density at radius 2 is 1.73 bits per heavy atom. The topological polar surface area (TPSA) is 78.1 Å². The normalized spacial score (nSPS) is 11.7. The number of unbranched alkanes of at least 4 members (excludes halogenated alkanes) is 1. The minimum absolute atomic E-state index is 0.782. The Balaban J connectivity index is 0. The van der Waals surface area contributed by atoms with E-state index in [1.54, 1.807) is 0 Å². The fraction of sp³-hybridized carbons (Fsp3) is 1.00. The molecule has 0 saturated carbocycles. The van der Waals surface area contributed by atoms with Crippen molar-refractivity contribution < 1.29 is 0 Å². The lowest BCUT2D eigenvalue weighted by Crippen LogP contribution is -2.12. The fourth-order valence-electron chi connectivity index (χ4n) is 0.981. The van der Waals surface area contributed by atoms with Gasteiger partial charge in [-0.1, -0.05) is 33.1 Å². The van der Waals surface area contributed by atoms with Crippen LogP contribution >= 0.6 is 0 Å². The number of nitrogens with two attached hydrogens (primary N) is 3. The molecule has 0 rings (SSSR count). The smallest absolute Gasteiger partial charge is 0.00490 e. The first-order valence-corrected chi connectivity index (χ1v) is 4.38. The van der Waals surface area contributed by atoms with Gasteiger partial charge in [0.15, 0.2) is 0 Å². The summed E-state index contributed by atoms with van der Waals surface area (Å²) >= 11 is 0. The molecule has 0 aliphatic carbocycles. The molecule has 11 heavy (non-hydrogen) atoms. The van der Waals surface area contributed by atoms with Crippen molar-refractivity contribution in [1.82, 2.24) is 0 Å². The Bertz CT molecular complexity index is 53.3. The van der Waals surface area contributed by atoms with Crippen LogP contribution in [0.5, 0.6) is 0 Å². The van der Waals surface area contributed by atoms with Gasteiger partial charge in [0.1, 0.15) is 0 Å². The molecular weight excluding hydrogens is 138 g/mol. The first-order valence-electron chi connectivity index (χ1n) is 4.38. The molecule has 0 aromatic rings. The van der Waals surface area contributed by atoms with E-state index in [0.717, 1.165) is 12.5 Å². The van der Waals surface area contributed by atoms with E-state index >= 15 is 0 Å². The molecule has 0 fully saturated rings. The van der Waals surface area contributed by atoms with Crippen molar-refractivity contribution in [2.75, 3.05) is 6.54 Å². The van der Waals surface area contributed by atoms with Crippen LogP contribution in [0.25, 0.3) is 0 Å². The van der Waals surface area contributed by atoms with Crippen LogP contribution in [0.2, 0.25) is 0 Å². The Kier molecular flexibility index (Phi) is 15.4. The number of rotatable bonds is 5. The Hall–Kier alpha value is -0.120. The van der Waals surface area contributed by atoms with E-state index in [9.17, 15) is 0 Å². The molecule has 0 aliphatic heterocycles. The maximum absolute atomic E-state index is 5.52. The molecule has 3 nitrogen and oxygen atoms in total. The summed E-state index contributed by atoms with van der Waals surface area (Å²) in [5, 5.41) is 0. The van der Waals surface area contributed by atoms with Crippen LogP contribution in [0.1, 0.15) is 39.5 Å². The summed E-state index contributed by atoms with van der Waals surface area (Å²) < 4.78 is 0. The average Bonchev–Trinajstić information content (AvgIpc) is 2.10. The van der Waals surface area contributed by atoms with Crippen molar-refractivity contribution in [1.29, 1.82) is 0 Å². The van der Waals surface area contributed by atoms with E-state index in [1.165, 1.54) is 25.7 Å². The van der Waals surface area contributed by atoms with Crippen LogP contribution in [0.3, 0.4) is 0 Å². The Morgan fingerprint density at radius 1 is 1.18 bits per heavy atom. The van der Waals surface area contributed by atoms with Gasteiger partial charge in [-0.2, -0.15) is 0 Å². The van der Waals surface area contributed by atoms with Gasteiger partial charge in [-0.05, 0) is 18.9 Å². The maximum Gasteiger partial charge on any atom is -0.00490 e. The van der Waals surface area contributed by atoms with E-state index < -0.39 is 0 Å². The quantitative estimate of drug-likeness (QED) is 0.415. The second kappa shape index (κ2) is 12.5. The summed E-state index contributed by atoms with van der Waals surface area (Å²) in [5.41, 5.74) is 5.52. The Labute approximate surface area is 70.3 Å². The van der Waals surface area contributed by atoms with Crippen LogP contribution in [-0.4, -0.2) is 6.54 Å². The number of hydrogen-bond donors (Lipinski definition) is 3. The van der Waals surface area contributed by atoms with Crippen LogP contribution in [0.15, 0.2) is 0 Å². The monoisotopic (exact) mass is 161 g/mol. The molecule has 0 heterocycles. The summed E-state index contributed by atoms with van der Waals surface area (Å²) in [5.74, 6) is 8.78. The zero-order valence-electron chi connectivity index (χ0n) is 7.84. The molecule has 3 heteroatoms. The van der Waals surface area contributed by atoms with Crippen LogP contribution in [0.4, 0.5) is 0 Å². The van der Waals surface area contributed by atoms with Crippen molar-refractivity contribution >= 4 is 0 Å². The predicted octanol–water partition coefficient (Wildman–Crippen LogP) is 0.980. The van der Waals surface area contributed by atoms with Gasteiger partial charge in [-0.25, -0.2) is 0 Å². The lowest BCUT2D eigenvalue weighted by Gasteiger charge is -2.09. The van der Waals surface area contributed by atoms with Gasteiger partial charge >= 0.3 is 0 Å². The second-order valence-corrected chi connectivity index (χ2v) is 2.65. The molecule has 1 unspecified atom stereocenters. The lowest BCUT2D eigenvalue weighted by atomic mass is 10.00. The zero-order chi connectivity index (χ0) is 9.11. The highest BCUT2D eigenvalue weighted by molar-refractivity contribution is 4.56. The molecule has 0 aromatic carbocycles. The minimum Gasteiger partial charge on any atom is -0.330 e.